The summed E-state index contributed by atoms with van der Waals surface area (Å²) in [6.45, 7) is 8.26. The Morgan fingerprint density at radius 2 is 2.06 bits per heavy atom. The molecule has 1 N–H and O–H groups in total. The molecule has 0 saturated carbocycles. The molecule has 1 heterocycles. The fourth-order valence-electron chi connectivity index (χ4n) is 2.66. The van der Waals surface area contributed by atoms with Crippen molar-refractivity contribution in [2.45, 2.75) is 19.9 Å². The molecule has 1 aliphatic heterocycles. The summed E-state index contributed by atoms with van der Waals surface area (Å²) in [4.78, 5) is 2.49. The number of aryl methyl sites for hydroxylation is 2. The first-order chi connectivity index (χ1) is 8.24. The molecule has 0 aliphatic carbocycles. The van der Waals surface area contributed by atoms with Gasteiger partial charge in [-0.1, -0.05) is 18.2 Å². The Balaban J connectivity index is 2.29. The standard InChI is InChI=1S/C14H22N2O/c1-11-5-4-6-12(2)14(11)16-8-7-15-9-13(16)10-17-3/h4-6,13,15H,7-10H2,1-3H3. The van der Waals surface area contributed by atoms with Gasteiger partial charge in [-0.3, -0.25) is 0 Å². The molecule has 0 spiro atoms. The number of piperazine rings is 1. The predicted molar refractivity (Wildman–Crippen MR) is 71.8 cm³/mol. The number of nitrogens with zero attached hydrogens (tertiary/aromatic N) is 1. The molecule has 3 heteroatoms. The van der Waals surface area contributed by atoms with Crippen molar-refractivity contribution in [2.24, 2.45) is 0 Å². The number of hydrogen-bond donors (Lipinski definition) is 1. The van der Waals surface area contributed by atoms with Crippen LogP contribution >= 0.6 is 0 Å². The molecule has 1 saturated heterocycles. The van der Waals surface area contributed by atoms with E-state index in [0.717, 1.165) is 26.2 Å². The van der Waals surface area contributed by atoms with Crippen LogP contribution in [0.5, 0.6) is 0 Å². The molecular formula is C14H22N2O. The molecule has 17 heavy (non-hydrogen) atoms. The van der Waals surface area contributed by atoms with Crippen molar-refractivity contribution in [1.29, 1.82) is 0 Å². The Morgan fingerprint density at radius 1 is 1.35 bits per heavy atom. The number of nitrogens with one attached hydrogen (secondary N) is 1. The lowest BCUT2D eigenvalue weighted by Crippen LogP contribution is -2.53. The van der Waals surface area contributed by atoms with E-state index in [1.807, 2.05) is 0 Å². The second-order valence-electron chi connectivity index (χ2n) is 4.75. The molecule has 0 bridgehead atoms. The van der Waals surface area contributed by atoms with Gasteiger partial charge in [0.25, 0.3) is 0 Å². The van der Waals surface area contributed by atoms with E-state index in [1.54, 1.807) is 7.11 Å². The van der Waals surface area contributed by atoms with Crippen LogP contribution in [-0.2, 0) is 4.74 Å². The maximum absolute atomic E-state index is 5.33. The van der Waals surface area contributed by atoms with E-state index in [2.05, 4.69) is 42.3 Å². The third-order valence-corrected chi connectivity index (χ3v) is 3.44. The lowest BCUT2D eigenvalue weighted by atomic mass is 10.0. The molecule has 0 amide bonds. The minimum absolute atomic E-state index is 0.438. The van der Waals surface area contributed by atoms with Crippen LogP contribution in [0, 0.1) is 13.8 Å². The summed E-state index contributed by atoms with van der Waals surface area (Å²) in [6.07, 6.45) is 0. The molecular weight excluding hydrogens is 212 g/mol. The van der Waals surface area contributed by atoms with Crippen LogP contribution in [0.15, 0.2) is 18.2 Å². The summed E-state index contributed by atoms with van der Waals surface area (Å²) in [5.74, 6) is 0. The van der Waals surface area contributed by atoms with Gasteiger partial charge < -0.3 is 15.0 Å². The number of benzene rings is 1. The van der Waals surface area contributed by atoms with E-state index in [4.69, 9.17) is 4.74 Å². The largest absolute Gasteiger partial charge is 0.383 e. The van der Waals surface area contributed by atoms with Gasteiger partial charge in [0.15, 0.2) is 0 Å². The number of rotatable bonds is 3. The SMILES string of the molecule is COCC1CNCCN1c1c(C)cccc1C. The van der Waals surface area contributed by atoms with Gasteiger partial charge in [-0.05, 0) is 25.0 Å². The van der Waals surface area contributed by atoms with Crippen LogP contribution in [0.25, 0.3) is 0 Å². The Morgan fingerprint density at radius 3 is 2.71 bits per heavy atom. The van der Waals surface area contributed by atoms with Gasteiger partial charge in [0.1, 0.15) is 0 Å². The molecule has 1 aromatic carbocycles. The molecule has 1 aliphatic rings. The second-order valence-corrected chi connectivity index (χ2v) is 4.75. The third kappa shape index (κ3) is 2.61. The van der Waals surface area contributed by atoms with E-state index in [9.17, 15) is 0 Å². The molecule has 3 nitrogen and oxygen atoms in total. The van der Waals surface area contributed by atoms with Crippen LogP contribution in [-0.4, -0.2) is 39.4 Å². The summed E-state index contributed by atoms with van der Waals surface area (Å²) in [7, 11) is 1.78. The van der Waals surface area contributed by atoms with Gasteiger partial charge in [-0.2, -0.15) is 0 Å². The molecule has 0 aromatic heterocycles. The quantitative estimate of drug-likeness (QED) is 0.862. The summed E-state index contributed by atoms with van der Waals surface area (Å²) < 4.78 is 5.33. The third-order valence-electron chi connectivity index (χ3n) is 3.44. The zero-order valence-electron chi connectivity index (χ0n) is 11.0. The lowest BCUT2D eigenvalue weighted by Gasteiger charge is -2.39. The molecule has 0 radical (unpaired) electrons. The summed E-state index contributed by atoms with van der Waals surface area (Å²) >= 11 is 0. The molecule has 1 unspecified atom stereocenters. The minimum Gasteiger partial charge on any atom is -0.383 e. The Bertz CT molecular complexity index is 356. The van der Waals surface area contributed by atoms with Crippen molar-refractivity contribution in [3.63, 3.8) is 0 Å². The number of ether oxygens (including phenoxy) is 1. The summed E-state index contributed by atoms with van der Waals surface area (Å²) in [5.41, 5.74) is 4.09. The van der Waals surface area contributed by atoms with Crippen molar-refractivity contribution in [1.82, 2.24) is 5.32 Å². The van der Waals surface area contributed by atoms with E-state index < -0.39 is 0 Å². The average molecular weight is 234 g/mol. The van der Waals surface area contributed by atoms with Crippen molar-refractivity contribution in [2.75, 3.05) is 38.3 Å². The molecule has 1 fully saturated rings. The molecule has 94 valence electrons. The van der Waals surface area contributed by atoms with Gasteiger partial charge in [-0.15, -0.1) is 0 Å². The van der Waals surface area contributed by atoms with E-state index in [1.165, 1.54) is 16.8 Å². The van der Waals surface area contributed by atoms with Crippen LogP contribution in [0.3, 0.4) is 0 Å². The van der Waals surface area contributed by atoms with Gasteiger partial charge in [0.2, 0.25) is 0 Å². The van der Waals surface area contributed by atoms with Crippen molar-refractivity contribution in [3.8, 4) is 0 Å². The Labute approximate surface area is 104 Å². The Kier molecular flexibility index (Phi) is 4.02. The molecule has 1 aromatic rings. The summed E-state index contributed by atoms with van der Waals surface area (Å²) in [6, 6.07) is 6.94. The maximum atomic E-state index is 5.33. The molecule has 2 rings (SSSR count). The van der Waals surface area contributed by atoms with E-state index >= 15 is 0 Å². The van der Waals surface area contributed by atoms with Crippen LogP contribution in [0.4, 0.5) is 5.69 Å². The highest BCUT2D eigenvalue weighted by Gasteiger charge is 2.24. The first kappa shape index (κ1) is 12.4. The zero-order valence-corrected chi connectivity index (χ0v) is 11.0. The van der Waals surface area contributed by atoms with Gasteiger partial charge in [0, 0.05) is 32.4 Å². The topological polar surface area (TPSA) is 24.5 Å². The van der Waals surface area contributed by atoms with Crippen LogP contribution in [0.1, 0.15) is 11.1 Å². The smallest absolute Gasteiger partial charge is 0.0678 e. The average Bonchev–Trinajstić information content (AvgIpc) is 2.31. The molecule has 1 atom stereocenters. The van der Waals surface area contributed by atoms with Crippen LogP contribution in [0.2, 0.25) is 0 Å². The monoisotopic (exact) mass is 234 g/mol. The minimum atomic E-state index is 0.438. The van der Waals surface area contributed by atoms with Crippen molar-refractivity contribution in [3.05, 3.63) is 29.3 Å². The van der Waals surface area contributed by atoms with Gasteiger partial charge in [0.05, 0.1) is 12.6 Å². The fourth-order valence-corrected chi connectivity index (χ4v) is 2.66. The van der Waals surface area contributed by atoms with Crippen molar-refractivity contribution < 1.29 is 4.74 Å². The maximum Gasteiger partial charge on any atom is 0.0678 e. The number of methoxy groups -OCH3 is 1. The Hall–Kier alpha value is -1.06. The van der Waals surface area contributed by atoms with E-state index in [-0.39, 0.29) is 0 Å². The zero-order chi connectivity index (χ0) is 12.3. The lowest BCUT2D eigenvalue weighted by molar-refractivity contribution is 0.170. The normalized spacial score (nSPS) is 20.6. The highest BCUT2D eigenvalue weighted by atomic mass is 16.5. The number of anilines is 1. The van der Waals surface area contributed by atoms with Gasteiger partial charge in [-0.25, -0.2) is 0 Å². The first-order valence-electron chi connectivity index (χ1n) is 6.26. The second kappa shape index (κ2) is 5.52. The first-order valence-corrected chi connectivity index (χ1v) is 6.26. The van der Waals surface area contributed by atoms with E-state index in [0.29, 0.717) is 6.04 Å². The number of hydrogen-bond acceptors (Lipinski definition) is 3. The predicted octanol–water partition coefficient (Wildman–Crippen LogP) is 1.73. The number of para-hydroxylation sites is 1. The summed E-state index contributed by atoms with van der Waals surface area (Å²) in [5, 5.41) is 3.44. The highest BCUT2D eigenvalue weighted by molar-refractivity contribution is 5.60. The van der Waals surface area contributed by atoms with Gasteiger partial charge >= 0.3 is 0 Å². The highest BCUT2D eigenvalue weighted by Crippen LogP contribution is 2.27. The van der Waals surface area contributed by atoms with Crippen molar-refractivity contribution >= 4 is 5.69 Å². The van der Waals surface area contributed by atoms with Crippen LogP contribution < -0.4 is 10.2 Å². The fraction of sp³-hybridized carbons (Fsp3) is 0.571.